The predicted octanol–water partition coefficient (Wildman–Crippen LogP) is 3.77. The minimum atomic E-state index is -0.566. The van der Waals surface area contributed by atoms with Gasteiger partial charge in [-0.2, -0.15) is 0 Å². The second-order valence-electron chi connectivity index (χ2n) is 3.29. The first-order valence-electron chi connectivity index (χ1n) is 4.67. The van der Waals surface area contributed by atoms with E-state index in [1.54, 1.807) is 12.1 Å². The monoisotopic (exact) mass is 239 g/mol. The van der Waals surface area contributed by atoms with E-state index in [1.165, 1.54) is 24.4 Å². The summed E-state index contributed by atoms with van der Waals surface area (Å²) in [6.45, 7) is 0. The SMILES string of the molecule is Fc1ccccc1-c1ncc(CCl)cc1F. The molecular formula is C12H8ClF2N. The largest absolute Gasteiger partial charge is 0.253 e. The van der Waals surface area contributed by atoms with Gasteiger partial charge in [0.1, 0.15) is 17.3 Å². The van der Waals surface area contributed by atoms with Gasteiger partial charge in [0, 0.05) is 17.6 Å². The number of aromatic nitrogens is 1. The average Bonchev–Trinajstić information content (AvgIpc) is 2.30. The molecule has 1 aromatic heterocycles. The number of hydrogen-bond acceptors (Lipinski definition) is 1. The number of nitrogens with zero attached hydrogens (tertiary/aromatic N) is 1. The summed E-state index contributed by atoms with van der Waals surface area (Å²) in [6.07, 6.45) is 1.44. The molecule has 2 rings (SSSR count). The van der Waals surface area contributed by atoms with Gasteiger partial charge < -0.3 is 0 Å². The van der Waals surface area contributed by atoms with Crippen LogP contribution >= 0.6 is 11.6 Å². The Bertz CT molecular complexity index is 514. The van der Waals surface area contributed by atoms with Gasteiger partial charge in [0.15, 0.2) is 0 Å². The lowest BCUT2D eigenvalue weighted by molar-refractivity contribution is 0.610. The van der Waals surface area contributed by atoms with Crippen LogP contribution in [0.5, 0.6) is 0 Å². The molecule has 4 heteroatoms. The van der Waals surface area contributed by atoms with Crippen molar-refractivity contribution in [1.82, 2.24) is 4.98 Å². The Morgan fingerprint density at radius 2 is 1.88 bits per heavy atom. The highest BCUT2D eigenvalue weighted by atomic mass is 35.5. The molecule has 0 amide bonds. The summed E-state index contributed by atoms with van der Waals surface area (Å²) in [6, 6.07) is 7.20. The van der Waals surface area contributed by atoms with E-state index in [2.05, 4.69) is 4.98 Å². The van der Waals surface area contributed by atoms with E-state index in [9.17, 15) is 8.78 Å². The molecule has 0 atom stereocenters. The average molecular weight is 240 g/mol. The van der Waals surface area contributed by atoms with Crippen LogP contribution in [0.25, 0.3) is 11.3 Å². The zero-order chi connectivity index (χ0) is 11.5. The minimum absolute atomic E-state index is 0.00645. The maximum absolute atomic E-state index is 13.6. The summed E-state index contributed by atoms with van der Waals surface area (Å²) in [5.41, 5.74) is 0.729. The molecule has 0 saturated heterocycles. The van der Waals surface area contributed by atoms with E-state index < -0.39 is 11.6 Å². The van der Waals surface area contributed by atoms with Gasteiger partial charge in [0.25, 0.3) is 0 Å². The molecule has 0 saturated carbocycles. The molecule has 0 aliphatic carbocycles. The van der Waals surface area contributed by atoms with E-state index in [0.717, 1.165) is 0 Å². The molecule has 0 aliphatic rings. The Balaban J connectivity index is 2.53. The third kappa shape index (κ3) is 2.04. The number of hydrogen-bond donors (Lipinski definition) is 0. The van der Waals surface area contributed by atoms with E-state index in [4.69, 9.17) is 11.6 Å². The van der Waals surface area contributed by atoms with Gasteiger partial charge >= 0.3 is 0 Å². The Morgan fingerprint density at radius 3 is 2.50 bits per heavy atom. The lowest BCUT2D eigenvalue weighted by atomic mass is 10.1. The molecule has 0 bridgehead atoms. The highest BCUT2D eigenvalue weighted by Gasteiger charge is 2.11. The van der Waals surface area contributed by atoms with Gasteiger partial charge in [-0.1, -0.05) is 12.1 Å². The Morgan fingerprint density at radius 1 is 1.12 bits per heavy atom. The van der Waals surface area contributed by atoms with Gasteiger partial charge in [-0.05, 0) is 23.8 Å². The summed E-state index contributed by atoms with van der Waals surface area (Å²) < 4.78 is 27.0. The predicted molar refractivity (Wildman–Crippen MR) is 59.1 cm³/mol. The normalized spacial score (nSPS) is 10.4. The molecule has 0 aliphatic heterocycles. The summed E-state index contributed by atoms with van der Waals surface area (Å²) in [7, 11) is 0. The van der Waals surface area contributed by atoms with Crippen molar-refractivity contribution in [3.8, 4) is 11.3 Å². The van der Waals surface area contributed by atoms with E-state index in [0.29, 0.717) is 5.56 Å². The van der Waals surface area contributed by atoms with Crippen LogP contribution < -0.4 is 0 Å². The Hall–Kier alpha value is -1.48. The number of alkyl halides is 1. The number of benzene rings is 1. The fourth-order valence-electron chi connectivity index (χ4n) is 1.40. The second-order valence-corrected chi connectivity index (χ2v) is 3.55. The van der Waals surface area contributed by atoms with Gasteiger partial charge in [0.2, 0.25) is 0 Å². The second kappa shape index (κ2) is 4.58. The van der Waals surface area contributed by atoms with E-state index in [-0.39, 0.29) is 17.1 Å². The smallest absolute Gasteiger partial charge is 0.149 e. The van der Waals surface area contributed by atoms with Crippen molar-refractivity contribution in [1.29, 1.82) is 0 Å². The summed E-state index contributed by atoms with van der Waals surface area (Å²) in [4.78, 5) is 3.88. The van der Waals surface area contributed by atoms with Gasteiger partial charge in [-0.3, -0.25) is 4.98 Å². The first-order chi connectivity index (χ1) is 7.72. The first kappa shape index (κ1) is 11.0. The summed E-state index contributed by atoms with van der Waals surface area (Å²) in [5.74, 6) is -0.877. The quantitative estimate of drug-likeness (QED) is 0.727. The maximum Gasteiger partial charge on any atom is 0.149 e. The molecule has 1 heterocycles. The summed E-state index contributed by atoms with van der Waals surface area (Å²) >= 11 is 5.55. The molecule has 82 valence electrons. The fourth-order valence-corrected chi connectivity index (χ4v) is 1.55. The molecule has 0 radical (unpaired) electrons. The van der Waals surface area contributed by atoms with Crippen molar-refractivity contribution < 1.29 is 8.78 Å². The van der Waals surface area contributed by atoms with Crippen molar-refractivity contribution in [2.24, 2.45) is 0 Å². The molecule has 2 aromatic rings. The molecule has 1 aromatic carbocycles. The zero-order valence-electron chi connectivity index (χ0n) is 8.25. The lowest BCUT2D eigenvalue weighted by Crippen LogP contribution is -1.94. The van der Waals surface area contributed by atoms with Crippen molar-refractivity contribution in [3.63, 3.8) is 0 Å². The van der Waals surface area contributed by atoms with Gasteiger partial charge in [0.05, 0.1) is 0 Å². The molecule has 0 fully saturated rings. The van der Waals surface area contributed by atoms with Crippen LogP contribution in [0.15, 0.2) is 36.5 Å². The number of rotatable bonds is 2. The fraction of sp³-hybridized carbons (Fsp3) is 0.0833. The Labute approximate surface area is 96.7 Å². The highest BCUT2D eigenvalue weighted by Crippen LogP contribution is 2.23. The van der Waals surface area contributed by atoms with Crippen LogP contribution in [0, 0.1) is 11.6 Å². The van der Waals surface area contributed by atoms with Crippen LogP contribution in [0.4, 0.5) is 8.78 Å². The molecular weight excluding hydrogens is 232 g/mol. The topological polar surface area (TPSA) is 12.9 Å². The van der Waals surface area contributed by atoms with Gasteiger partial charge in [-0.25, -0.2) is 8.78 Å². The molecule has 0 unspecified atom stereocenters. The van der Waals surface area contributed by atoms with Crippen molar-refractivity contribution in [2.75, 3.05) is 0 Å². The maximum atomic E-state index is 13.6. The number of pyridine rings is 1. The van der Waals surface area contributed by atoms with Crippen molar-refractivity contribution >= 4 is 11.6 Å². The highest BCUT2D eigenvalue weighted by molar-refractivity contribution is 6.17. The van der Waals surface area contributed by atoms with Crippen LogP contribution in [0.1, 0.15) is 5.56 Å². The van der Waals surface area contributed by atoms with Crippen molar-refractivity contribution in [3.05, 3.63) is 53.7 Å². The first-order valence-corrected chi connectivity index (χ1v) is 5.21. The molecule has 0 spiro atoms. The Kier molecular flexibility index (Phi) is 3.15. The zero-order valence-corrected chi connectivity index (χ0v) is 9.01. The standard InChI is InChI=1S/C12H8ClF2N/c13-6-8-5-11(15)12(16-7-8)9-3-1-2-4-10(9)14/h1-5,7H,6H2. The van der Waals surface area contributed by atoms with Crippen LogP contribution in [0.3, 0.4) is 0 Å². The third-order valence-electron chi connectivity index (χ3n) is 2.18. The van der Waals surface area contributed by atoms with E-state index in [1.807, 2.05) is 0 Å². The molecule has 16 heavy (non-hydrogen) atoms. The van der Waals surface area contributed by atoms with E-state index >= 15 is 0 Å². The van der Waals surface area contributed by atoms with Crippen molar-refractivity contribution in [2.45, 2.75) is 5.88 Å². The minimum Gasteiger partial charge on any atom is -0.253 e. The van der Waals surface area contributed by atoms with Crippen LogP contribution in [0.2, 0.25) is 0 Å². The van der Waals surface area contributed by atoms with Crippen LogP contribution in [-0.4, -0.2) is 4.98 Å². The van der Waals surface area contributed by atoms with Crippen LogP contribution in [-0.2, 0) is 5.88 Å². The van der Waals surface area contributed by atoms with Gasteiger partial charge in [-0.15, -0.1) is 11.6 Å². The third-order valence-corrected chi connectivity index (χ3v) is 2.49. The number of halogens is 3. The summed E-state index contributed by atoms with van der Waals surface area (Å²) in [5, 5.41) is 0. The molecule has 0 N–H and O–H groups in total. The lowest BCUT2D eigenvalue weighted by Gasteiger charge is -2.04. The molecule has 1 nitrogen and oxygen atoms in total.